The fourth-order valence-electron chi connectivity index (χ4n) is 1.81. The van der Waals surface area contributed by atoms with Crippen molar-refractivity contribution in [1.29, 1.82) is 0 Å². The summed E-state index contributed by atoms with van der Waals surface area (Å²) in [6.45, 7) is 5.24. The highest BCUT2D eigenvalue weighted by Crippen LogP contribution is 2.23. The van der Waals surface area contributed by atoms with Gasteiger partial charge in [-0.25, -0.2) is 4.79 Å². The van der Waals surface area contributed by atoms with Gasteiger partial charge in [-0.3, -0.25) is 0 Å². The molecule has 0 radical (unpaired) electrons. The van der Waals surface area contributed by atoms with E-state index >= 15 is 0 Å². The third kappa shape index (κ3) is 4.22. The van der Waals surface area contributed by atoms with Gasteiger partial charge < -0.3 is 15.2 Å². The number of carboxylic acids is 1. The van der Waals surface area contributed by atoms with Crippen LogP contribution in [0.2, 0.25) is 0 Å². The Kier molecular flexibility index (Phi) is 5.39. The predicted octanol–water partition coefficient (Wildman–Crippen LogP) is 2.04. The van der Waals surface area contributed by atoms with Gasteiger partial charge in [-0.2, -0.15) is 0 Å². The summed E-state index contributed by atoms with van der Waals surface area (Å²) in [5.74, 6) is -0.0666. The van der Waals surface area contributed by atoms with Crippen molar-refractivity contribution in [2.24, 2.45) is 0 Å². The number of aliphatic carboxylic acids is 1. The number of carboxylic acid groups (broad SMARTS) is 1. The summed E-state index contributed by atoms with van der Waals surface area (Å²) >= 11 is 0. The van der Waals surface area contributed by atoms with E-state index < -0.39 is 5.97 Å². The summed E-state index contributed by atoms with van der Waals surface area (Å²) in [7, 11) is 1.65. The molecule has 0 atom stereocenters. The van der Waals surface area contributed by atoms with Gasteiger partial charge in [0.15, 0.2) is 0 Å². The third-order valence-corrected chi connectivity index (χ3v) is 2.62. The molecule has 0 unspecified atom stereocenters. The Balaban J connectivity index is 2.64. The number of hydrogen-bond donors (Lipinski definition) is 2. The van der Waals surface area contributed by atoms with Gasteiger partial charge in [0.2, 0.25) is 0 Å². The van der Waals surface area contributed by atoms with E-state index in [4.69, 9.17) is 9.84 Å². The van der Waals surface area contributed by atoms with Crippen molar-refractivity contribution in [3.8, 4) is 5.75 Å². The van der Waals surface area contributed by atoms with Crippen molar-refractivity contribution in [1.82, 2.24) is 5.32 Å². The Morgan fingerprint density at radius 1 is 1.44 bits per heavy atom. The van der Waals surface area contributed by atoms with E-state index in [0.29, 0.717) is 13.1 Å². The van der Waals surface area contributed by atoms with Crippen molar-refractivity contribution in [2.45, 2.75) is 20.4 Å². The molecule has 1 aromatic carbocycles. The molecule has 0 aliphatic carbocycles. The monoisotopic (exact) mass is 249 g/mol. The first kappa shape index (κ1) is 14.3. The Labute approximate surface area is 107 Å². The predicted molar refractivity (Wildman–Crippen MR) is 71.0 cm³/mol. The smallest absolute Gasteiger partial charge is 0.328 e. The quantitative estimate of drug-likeness (QED) is 0.598. The van der Waals surface area contributed by atoms with E-state index in [-0.39, 0.29) is 0 Å². The molecule has 0 aliphatic rings. The Bertz CT molecular complexity index is 453. The number of methoxy groups -OCH3 is 1. The largest absolute Gasteiger partial charge is 0.496 e. The Hall–Kier alpha value is -1.81. The minimum Gasteiger partial charge on any atom is -0.496 e. The zero-order valence-electron chi connectivity index (χ0n) is 11.0. The number of carbonyl (C=O) groups is 1. The minimum atomic E-state index is -0.930. The zero-order chi connectivity index (χ0) is 13.5. The molecule has 0 saturated carbocycles. The normalized spacial score (nSPS) is 10.8. The van der Waals surface area contributed by atoms with Gasteiger partial charge in [-0.1, -0.05) is 12.1 Å². The van der Waals surface area contributed by atoms with Gasteiger partial charge in [-0.15, -0.1) is 0 Å². The van der Waals surface area contributed by atoms with Crippen LogP contribution in [0, 0.1) is 13.8 Å². The zero-order valence-corrected chi connectivity index (χ0v) is 11.0. The van der Waals surface area contributed by atoms with Gasteiger partial charge in [0.1, 0.15) is 5.75 Å². The highest BCUT2D eigenvalue weighted by atomic mass is 16.5. The summed E-state index contributed by atoms with van der Waals surface area (Å²) < 4.78 is 5.35. The molecule has 18 heavy (non-hydrogen) atoms. The van der Waals surface area contributed by atoms with Crippen molar-refractivity contribution >= 4 is 5.97 Å². The average molecular weight is 249 g/mol. The second-order valence-electron chi connectivity index (χ2n) is 4.13. The lowest BCUT2D eigenvalue weighted by Gasteiger charge is -2.13. The van der Waals surface area contributed by atoms with Crippen LogP contribution in [0.25, 0.3) is 0 Å². The molecule has 0 spiro atoms. The van der Waals surface area contributed by atoms with E-state index in [2.05, 4.69) is 11.4 Å². The lowest BCUT2D eigenvalue weighted by molar-refractivity contribution is -0.131. The summed E-state index contributed by atoms with van der Waals surface area (Å²) in [5.41, 5.74) is 3.44. The van der Waals surface area contributed by atoms with Crippen LogP contribution in [0.4, 0.5) is 0 Å². The molecule has 1 aromatic rings. The van der Waals surface area contributed by atoms with Crippen LogP contribution in [0.3, 0.4) is 0 Å². The maximum Gasteiger partial charge on any atom is 0.328 e. The number of ether oxygens (including phenoxy) is 1. The molecule has 0 heterocycles. The number of benzene rings is 1. The van der Waals surface area contributed by atoms with Crippen molar-refractivity contribution < 1.29 is 14.6 Å². The van der Waals surface area contributed by atoms with E-state index in [0.717, 1.165) is 17.4 Å². The fourth-order valence-corrected chi connectivity index (χ4v) is 1.81. The van der Waals surface area contributed by atoms with Crippen molar-refractivity contribution in [2.75, 3.05) is 13.7 Å². The maximum absolute atomic E-state index is 10.3. The molecule has 0 fully saturated rings. The molecule has 98 valence electrons. The minimum absolute atomic E-state index is 0.517. The first-order valence-electron chi connectivity index (χ1n) is 5.79. The van der Waals surface area contributed by atoms with Crippen LogP contribution in [0.1, 0.15) is 16.7 Å². The molecule has 1 rings (SSSR count). The van der Waals surface area contributed by atoms with Crippen LogP contribution in [-0.4, -0.2) is 24.7 Å². The molecule has 0 aliphatic heterocycles. The first-order valence-corrected chi connectivity index (χ1v) is 5.79. The number of hydrogen-bond acceptors (Lipinski definition) is 3. The fraction of sp³-hybridized carbons (Fsp3) is 0.357. The Morgan fingerprint density at radius 3 is 2.78 bits per heavy atom. The highest BCUT2D eigenvalue weighted by molar-refractivity contribution is 5.79. The van der Waals surface area contributed by atoms with Crippen LogP contribution < -0.4 is 10.1 Å². The van der Waals surface area contributed by atoms with Gasteiger partial charge in [0.25, 0.3) is 0 Å². The number of aryl methyl sites for hydroxylation is 2. The summed E-state index contributed by atoms with van der Waals surface area (Å²) in [6, 6.07) is 4.10. The van der Waals surface area contributed by atoms with E-state index in [1.54, 1.807) is 13.2 Å². The van der Waals surface area contributed by atoms with Gasteiger partial charge >= 0.3 is 5.97 Å². The highest BCUT2D eigenvalue weighted by Gasteiger charge is 2.06. The number of nitrogens with one attached hydrogen (secondary N) is 1. The topological polar surface area (TPSA) is 58.6 Å². The number of rotatable bonds is 6. The first-order chi connectivity index (χ1) is 8.54. The summed E-state index contributed by atoms with van der Waals surface area (Å²) in [5, 5.41) is 11.6. The lowest BCUT2D eigenvalue weighted by atomic mass is 10.0. The van der Waals surface area contributed by atoms with Crippen LogP contribution in [0.5, 0.6) is 5.75 Å². The second-order valence-corrected chi connectivity index (χ2v) is 4.13. The maximum atomic E-state index is 10.3. The molecule has 0 amide bonds. The molecule has 0 aromatic heterocycles. The summed E-state index contributed by atoms with van der Waals surface area (Å²) in [4.78, 5) is 10.3. The summed E-state index contributed by atoms with van der Waals surface area (Å²) in [6.07, 6.45) is 2.71. The van der Waals surface area contributed by atoms with Crippen molar-refractivity contribution in [3.63, 3.8) is 0 Å². The second kappa shape index (κ2) is 6.81. The van der Waals surface area contributed by atoms with Crippen molar-refractivity contribution in [3.05, 3.63) is 41.0 Å². The molecule has 4 nitrogen and oxygen atoms in total. The molecule has 0 saturated heterocycles. The van der Waals surface area contributed by atoms with Gasteiger partial charge in [0.05, 0.1) is 7.11 Å². The molecule has 4 heteroatoms. The molecular formula is C14H19NO3. The van der Waals surface area contributed by atoms with Gasteiger partial charge in [0, 0.05) is 24.7 Å². The van der Waals surface area contributed by atoms with Crippen LogP contribution >= 0.6 is 0 Å². The third-order valence-electron chi connectivity index (χ3n) is 2.62. The van der Waals surface area contributed by atoms with Crippen LogP contribution in [-0.2, 0) is 11.3 Å². The van der Waals surface area contributed by atoms with Gasteiger partial charge in [-0.05, 0) is 31.0 Å². The van der Waals surface area contributed by atoms with E-state index in [1.807, 2.05) is 19.9 Å². The Morgan fingerprint density at radius 2 is 2.17 bits per heavy atom. The van der Waals surface area contributed by atoms with E-state index in [1.165, 1.54) is 11.1 Å². The SMILES string of the molecule is COc1cc(C)cc(C)c1CNC/C=C/C(=O)O. The average Bonchev–Trinajstić information content (AvgIpc) is 2.30. The molecule has 2 N–H and O–H groups in total. The lowest BCUT2D eigenvalue weighted by Crippen LogP contribution is -2.15. The standard InChI is InChI=1S/C14H19NO3/c1-10-7-11(2)12(13(8-10)18-3)9-15-6-4-5-14(16)17/h4-5,7-8,15H,6,9H2,1-3H3,(H,16,17)/b5-4+. The van der Waals surface area contributed by atoms with Crippen LogP contribution in [0.15, 0.2) is 24.3 Å². The molecular weight excluding hydrogens is 230 g/mol. The van der Waals surface area contributed by atoms with E-state index in [9.17, 15) is 4.79 Å². The molecule has 0 bridgehead atoms.